The predicted molar refractivity (Wildman–Crippen MR) is 93.1 cm³/mol. The van der Waals surface area contributed by atoms with E-state index in [1.807, 2.05) is 48.0 Å². The van der Waals surface area contributed by atoms with E-state index in [1.54, 1.807) is 4.90 Å². The molecule has 1 atom stereocenters. The van der Waals surface area contributed by atoms with Gasteiger partial charge in [-0.15, -0.1) is 0 Å². The average molecular weight is 328 g/mol. The summed E-state index contributed by atoms with van der Waals surface area (Å²) in [6.07, 6.45) is -0.0827. The zero-order chi connectivity index (χ0) is 17.1. The Balaban J connectivity index is 1.65. The first kappa shape index (κ1) is 16.5. The van der Waals surface area contributed by atoms with Crippen molar-refractivity contribution >= 4 is 11.8 Å². The van der Waals surface area contributed by atoms with Crippen molar-refractivity contribution < 1.29 is 9.53 Å². The first-order valence-corrected chi connectivity index (χ1v) is 8.33. The number of anilines is 1. The Morgan fingerprint density at radius 1 is 1.33 bits per heavy atom. The number of ether oxygens (including phenoxy) is 1. The highest BCUT2D eigenvalue weighted by atomic mass is 16.5. The first-order chi connectivity index (χ1) is 11.5. The molecule has 1 fully saturated rings. The molecule has 1 aliphatic rings. The van der Waals surface area contributed by atoms with Gasteiger partial charge in [0.2, 0.25) is 0 Å². The van der Waals surface area contributed by atoms with Crippen LogP contribution >= 0.6 is 0 Å². The quantitative estimate of drug-likeness (QED) is 0.939. The van der Waals surface area contributed by atoms with Gasteiger partial charge < -0.3 is 9.64 Å². The van der Waals surface area contributed by atoms with Gasteiger partial charge in [0.05, 0.1) is 13.2 Å². The standard InChI is InChI=1S/C18H24N4O2/c1-13(2)22-14(3)11-17(20-22)19-18(23)21-9-10-24-16(12-21)15-7-5-4-6-8-15/h4-8,11,13,16H,9-10,12H2,1-3H3,(H,19,20,23). The maximum atomic E-state index is 12.5. The van der Waals surface area contributed by atoms with E-state index in [9.17, 15) is 4.79 Å². The van der Waals surface area contributed by atoms with E-state index in [1.165, 1.54) is 0 Å². The lowest BCUT2D eigenvalue weighted by molar-refractivity contribution is -0.0135. The van der Waals surface area contributed by atoms with Gasteiger partial charge in [-0.2, -0.15) is 5.10 Å². The minimum atomic E-state index is -0.132. The van der Waals surface area contributed by atoms with E-state index >= 15 is 0 Å². The van der Waals surface area contributed by atoms with Crippen molar-refractivity contribution in [2.24, 2.45) is 0 Å². The maximum absolute atomic E-state index is 12.5. The van der Waals surface area contributed by atoms with Crippen LogP contribution in [0.1, 0.15) is 37.3 Å². The van der Waals surface area contributed by atoms with Gasteiger partial charge >= 0.3 is 6.03 Å². The fourth-order valence-corrected chi connectivity index (χ4v) is 2.96. The van der Waals surface area contributed by atoms with Crippen molar-refractivity contribution in [3.63, 3.8) is 0 Å². The number of nitrogens with zero attached hydrogens (tertiary/aromatic N) is 3. The van der Waals surface area contributed by atoms with Crippen LogP contribution in [0.2, 0.25) is 0 Å². The van der Waals surface area contributed by atoms with Crippen LogP contribution in [-0.2, 0) is 4.74 Å². The largest absolute Gasteiger partial charge is 0.370 e. The number of benzene rings is 1. The van der Waals surface area contributed by atoms with Gasteiger partial charge in [0.25, 0.3) is 0 Å². The molecule has 1 unspecified atom stereocenters. The molecule has 0 saturated carbocycles. The highest BCUT2D eigenvalue weighted by molar-refractivity contribution is 5.88. The molecular weight excluding hydrogens is 304 g/mol. The molecule has 6 nitrogen and oxygen atoms in total. The second kappa shape index (κ2) is 7.05. The molecule has 1 aromatic heterocycles. The zero-order valence-electron chi connectivity index (χ0n) is 14.4. The molecule has 0 radical (unpaired) electrons. The van der Waals surface area contributed by atoms with E-state index in [-0.39, 0.29) is 18.2 Å². The molecule has 1 aromatic carbocycles. The molecule has 0 aliphatic carbocycles. The molecule has 1 aliphatic heterocycles. The Bertz CT molecular complexity index is 696. The molecule has 2 aromatic rings. The number of carbonyl (C=O) groups is 1. The summed E-state index contributed by atoms with van der Waals surface area (Å²) >= 11 is 0. The molecule has 2 amide bonds. The van der Waals surface area contributed by atoms with Crippen LogP contribution in [0.4, 0.5) is 10.6 Å². The van der Waals surface area contributed by atoms with Crippen LogP contribution in [0.3, 0.4) is 0 Å². The van der Waals surface area contributed by atoms with Crippen molar-refractivity contribution in [1.29, 1.82) is 0 Å². The summed E-state index contributed by atoms with van der Waals surface area (Å²) in [4.78, 5) is 14.3. The number of hydrogen-bond donors (Lipinski definition) is 1. The second-order valence-corrected chi connectivity index (χ2v) is 6.36. The molecule has 0 bridgehead atoms. The van der Waals surface area contributed by atoms with E-state index in [0.717, 1.165) is 11.3 Å². The summed E-state index contributed by atoms with van der Waals surface area (Å²) in [7, 11) is 0. The summed E-state index contributed by atoms with van der Waals surface area (Å²) < 4.78 is 7.71. The lowest BCUT2D eigenvalue weighted by atomic mass is 10.1. The summed E-state index contributed by atoms with van der Waals surface area (Å²) in [5.41, 5.74) is 2.12. The molecule has 0 spiro atoms. The monoisotopic (exact) mass is 328 g/mol. The summed E-state index contributed by atoms with van der Waals surface area (Å²) in [6, 6.07) is 12.0. The van der Waals surface area contributed by atoms with Gasteiger partial charge in [0.1, 0.15) is 6.10 Å². The lowest BCUT2D eigenvalue weighted by Gasteiger charge is -2.33. The second-order valence-electron chi connectivity index (χ2n) is 6.36. The Hall–Kier alpha value is -2.34. The number of rotatable bonds is 3. The Labute approximate surface area is 142 Å². The summed E-state index contributed by atoms with van der Waals surface area (Å²) in [6.45, 7) is 7.78. The number of aromatic nitrogens is 2. The Morgan fingerprint density at radius 2 is 2.08 bits per heavy atom. The molecule has 6 heteroatoms. The number of amides is 2. The fourth-order valence-electron chi connectivity index (χ4n) is 2.96. The van der Waals surface area contributed by atoms with Gasteiger partial charge in [-0.05, 0) is 26.3 Å². The van der Waals surface area contributed by atoms with Gasteiger partial charge in [-0.1, -0.05) is 30.3 Å². The molecule has 2 heterocycles. The Morgan fingerprint density at radius 3 is 2.75 bits per heavy atom. The molecule has 1 saturated heterocycles. The fraction of sp³-hybridized carbons (Fsp3) is 0.444. The SMILES string of the molecule is Cc1cc(NC(=O)N2CCOC(c3ccccc3)C2)nn1C(C)C. The topological polar surface area (TPSA) is 59.4 Å². The van der Waals surface area contributed by atoms with Crippen LogP contribution in [0, 0.1) is 6.92 Å². The highest BCUT2D eigenvalue weighted by Gasteiger charge is 2.25. The van der Waals surface area contributed by atoms with Crippen molar-refractivity contribution in [1.82, 2.24) is 14.7 Å². The highest BCUT2D eigenvalue weighted by Crippen LogP contribution is 2.22. The number of aryl methyl sites for hydroxylation is 1. The van der Waals surface area contributed by atoms with Crippen LogP contribution in [0.25, 0.3) is 0 Å². The first-order valence-electron chi connectivity index (χ1n) is 8.33. The third kappa shape index (κ3) is 3.59. The molecule has 1 N–H and O–H groups in total. The van der Waals surface area contributed by atoms with Gasteiger partial charge in [0.15, 0.2) is 5.82 Å². The molecular formula is C18H24N4O2. The van der Waals surface area contributed by atoms with Crippen LogP contribution < -0.4 is 5.32 Å². The molecule has 128 valence electrons. The number of morpholine rings is 1. The molecule has 24 heavy (non-hydrogen) atoms. The number of carbonyl (C=O) groups excluding carboxylic acids is 1. The van der Waals surface area contributed by atoms with E-state index in [4.69, 9.17) is 4.74 Å². The third-order valence-electron chi connectivity index (χ3n) is 4.17. The predicted octanol–water partition coefficient (Wildman–Crippen LogP) is 3.38. The van der Waals surface area contributed by atoms with Crippen molar-refractivity contribution in [2.75, 3.05) is 25.0 Å². The number of nitrogens with one attached hydrogen (secondary N) is 1. The Kier molecular flexibility index (Phi) is 4.85. The average Bonchev–Trinajstić information content (AvgIpc) is 2.96. The summed E-state index contributed by atoms with van der Waals surface area (Å²) in [5.74, 6) is 0.592. The molecule has 3 rings (SSSR count). The van der Waals surface area contributed by atoms with E-state index in [2.05, 4.69) is 24.3 Å². The lowest BCUT2D eigenvalue weighted by Crippen LogP contribution is -2.44. The van der Waals surface area contributed by atoms with Crippen molar-refractivity contribution in [3.8, 4) is 0 Å². The van der Waals surface area contributed by atoms with Gasteiger partial charge in [-0.3, -0.25) is 10.00 Å². The van der Waals surface area contributed by atoms with Crippen molar-refractivity contribution in [3.05, 3.63) is 47.7 Å². The smallest absolute Gasteiger partial charge is 0.323 e. The number of urea groups is 1. The third-order valence-corrected chi connectivity index (χ3v) is 4.17. The van der Waals surface area contributed by atoms with E-state index in [0.29, 0.717) is 25.5 Å². The normalized spacial score (nSPS) is 18.0. The summed E-state index contributed by atoms with van der Waals surface area (Å²) in [5, 5.41) is 7.35. The zero-order valence-corrected chi connectivity index (χ0v) is 14.4. The minimum absolute atomic E-state index is 0.0827. The van der Waals surface area contributed by atoms with E-state index < -0.39 is 0 Å². The maximum Gasteiger partial charge on any atom is 0.323 e. The van der Waals surface area contributed by atoms with Crippen molar-refractivity contribution in [2.45, 2.75) is 32.9 Å². The van der Waals surface area contributed by atoms with Gasteiger partial charge in [-0.25, -0.2) is 4.79 Å². The van der Waals surface area contributed by atoms with Gasteiger partial charge in [0, 0.05) is 24.3 Å². The van der Waals surface area contributed by atoms with Crippen LogP contribution in [0.15, 0.2) is 36.4 Å². The van der Waals surface area contributed by atoms with Crippen LogP contribution in [0.5, 0.6) is 0 Å². The van der Waals surface area contributed by atoms with Crippen LogP contribution in [-0.4, -0.2) is 40.4 Å². The number of hydrogen-bond acceptors (Lipinski definition) is 3. The minimum Gasteiger partial charge on any atom is -0.370 e.